The van der Waals surface area contributed by atoms with Crippen molar-refractivity contribution in [3.8, 4) is 0 Å². The van der Waals surface area contributed by atoms with Crippen molar-refractivity contribution in [2.45, 2.75) is 25.8 Å². The lowest BCUT2D eigenvalue weighted by molar-refractivity contribution is -0.122. The molecule has 2 heteroatoms. The zero-order chi connectivity index (χ0) is 10.1. The Balaban J connectivity index is 2.30. The van der Waals surface area contributed by atoms with Gasteiger partial charge in [-0.05, 0) is 17.5 Å². The van der Waals surface area contributed by atoms with Crippen molar-refractivity contribution in [1.82, 2.24) is 0 Å². The number of hydrogen-bond donors (Lipinski definition) is 1. The number of rotatable bonds is 2. The Morgan fingerprint density at radius 3 is 2.86 bits per heavy atom. The van der Waals surface area contributed by atoms with Gasteiger partial charge in [-0.2, -0.15) is 0 Å². The summed E-state index contributed by atoms with van der Waals surface area (Å²) < 4.78 is 0. The van der Waals surface area contributed by atoms with E-state index in [1.807, 2.05) is 25.1 Å². The third kappa shape index (κ3) is 1.36. The molecule has 14 heavy (non-hydrogen) atoms. The van der Waals surface area contributed by atoms with E-state index >= 15 is 0 Å². The van der Waals surface area contributed by atoms with Crippen LogP contribution in [-0.2, 0) is 11.2 Å². The van der Waals surface area contributed by atoms with Crippen LogP contribution in [-0.4, -0.2) is 5.78 Å². The molecule has 1 aliphatic carbocycles. The molecule has 2 atom stereocenters. The molecule has 2 nitrogen and oxygen atoms in total. The van der Waals surface area contributed by atoms with Gasteiger partial charge >= 0.3 is 0 Å². The minimum atomic E-state index is -0.0846. The van der Waals surface area contributed by atoms with Crippen molar-refractivity contribution in [1.29, 1.82) is 0 Å². The third-order valence-corrected chi connectivity index (χ3v) is 3.05. The Bertz CT molecular complexity index is 359. The standard InChI is InChI=1S/C12H15NO/c1-2-11(14)10-7-8-5-3-4-6-9(8)12(10)13/h3-6,10,12H,2,7,13H2,1H3. The molecular weight excluding hydrogens is 174 g/mol. The van der Waals surface area contributed by atoms with Gasteiger partial charge in [0.2, 0.25) is 0 Å². The van der Waals surface area contributed by atoms with Crippen molar-refractivity contribution in [2.24, 2.45) is 11.7 Å². The lowest BCUT2D eigenvalue weighted by atomic mass is 9.95. The zero-order valence-corrected chi connectivity index (χ0v) is 8.36. The Morgan fingerprint density at radius 1 is 1.50 bits per heavy atom. The van der Waals surface area contributed by atoms with Crippen LogP contribution < -0.4 is 5.73 Å². The molecule has 0 bridgehead atoms. The molecule has 0 aromatic heterocycles. The van der Waals surface area contributed by atoms with E-state index in [2.05, 4.69) is 6.07 Å². The first kappa shape index (κ1) is 9.41. The summed E-state index contributed by atoms with van der Waals surface area (Å²) in [6.07, 6.45) is 1.41. The number of benzene rings is 1. The zero-order valence-electron chi connectivity index (χ0n) is 8.36. The van der Waals surface area contributed by atoms with Gasteiger partial charge in [-0.25, -0.2) is 0 Å². The fraction of sp³-hybridized carbons (Fsp3) is 0.417. The van der Waals surface area contributed by atoms with Crippen molar-refractivity contribution < 1.29 is 4.79 Å². The van der Waals surface area contributed by atoms with E-state index < -0.39 is 0 Å². The van der Waals surface area contributed by atoms with Crippen molar-refractivity contribution in [2.75, 3.05) is 0 Å². The molecule has 0 aliphatic heterocycles. The van der Waals surface area contributed by atoms with Crippen LogP contribution in [0.3, 0.4) is 0 Å². The summed E-state index contributed by atoms with van der Waals surface area (Å²) >= 11 is 0. The molecule has 1 aliphatic rings. The highest BCUT2D eigenvalue weighted by molar-refractivity contribution is 5.83. The predicted molar refractivity (Wildman–Crippen MR) is 55.9 cm³/mol. The maximum absolute atomic E-state index is 11.6. The number of ketones is 1. The first-order chi connectivity index (χ1) is 6.74. The van der Waals surface area contributed by atoms with Crippen LogP contribution in [0.4, 0.5) is 0 Å². The van der Waals surface area contributed by atoms with E-state index in [1.54, 1.807) is 0 Å². The molecule has 0 radical (unpaired) electrons. The van der Waals surface area contributed by atoms with Gasteiger partial charge in [0.15, 0.2) is 0 Å². The molecular formula is C12H15NO. The van der Waals surface area contributed by atoms with Crippen molar-refractivity contribution in [3.63, 3.8) is 0 Å². The number of carbonyl (C=O) groups excluding carboxylic acids is 1. The Labute approximate surface area is 84.1 Å². The van der Waals surface area contributed by atoms with Crippen LogP contribution in [0, 0.1) is 5.92 Å². The lowest BCUT2D eigenvalue weighted by Gasteiger charge is -2.13. The molecule has 2 rings (SSSR count). The lowest BCUT2D eigenvalue weighted by Crippen LogP contribution is -2.24. The highest BCUT2D eigenvalue weighted by atomic mass is 16.1. The van der Waals surface area contributed by atoms with Crippen LogP contribution in [0.25, 0.3) is 0 Å². The van der Waals surface area contributed by atoms with Gasteiger partial charge in [-0.3, -0.25) is 4.79 Å². The first-order valence-corrected chi connectivity index (χ1v) is 5.10. The highest BCUT2D eigenvalue weighted by Crippen LogP contribution is 2.34. The van der Waals surface area contributed by atoms with Crippen LogP contribution in [0.5, 0.6) is 0 Å². The maximum Gasteiger partial charge on any atom is 0.137 e. The molecule has 1 aromatic rings. The van der Waals surface area contributed by atoms with Gasteiger partial charge in [0.05, 0.1) is 0 Å². The molecule has 0 saturated carbocycles. The molecule has 0 amide bonds. The van der Waals surface area contributed by atoms with E-state index in [4.69, 9.17) is 5.73 Å². The van der Waals surface area contributed by atoms with E-state index in [0.29, 0.717) is 6.42 Å². The second-order valence-electron chi connectivity index (χ2n) is 3.86. The maximum atomic E-state index is 11.6. The topological polar surface area (TPSA) is 43.1 Å². The quantitative estimate of drug-likeness (QED) is 0.771. The minimum absolute atomic E-state index is 0.0115. The SMILES string of the molecule is CCC(=O)C1Cc2ccccc2C1N. The van der Waals surface area contributed by atoms with Crippen molar-refractivity contribution >= 4 is 5.78 Å². The highest BCUT2D eigenvalue weighted by Gasteiger charge is 2.33. The molecule has 2 unspecified atom stereocenters. The smallest absolute Gasteiger partial charge is 0.137 e. The van der Waals surface area contributed by atoms with Gasteiger partial charge in [-0.1, -0.05) is 31.2 Å². The number of fused-ring (bicyclic) bond motifs is 1. The Morgan fingerprint density at radius 2 is 2.21 bits per heavy atom. The van der Waals surface area contributed by atoms with E-state index in [0.717, 1.165) is 12.0 Å². The van der Waals surface area contributed by atoms with Crippen LogP contribution in [0.1, 0.15) is 30.5 Å². The Hall–Kier alpha value is -1.15. The normalized spacial score (nSPS) is 24.7. The summed E-state index contributed by atoms with van der Waals surface area (Å²) in [5, 5.41) is 0. The predicted octanol–water partition coefficient (Wildman–Crippen LogP) is 1.84. The molecule has 0 spiro atoms. The molecule has 74 valence electrons. The van der Waals surface area contributed by atoms with Gasteiger partial charge < -0.3 is 5.73 Å². The second kappa shape index (κ2) is 3.54. The summed E-state index contributed by atoms with van der Waals surface area (Å²) in [4.78, 5) is 11.6. The monoisotopic (exact) mass is 189 g/mol. The molecule has 0 fully saturated rings. The second-order valence-corrected chi connectivity index (χ2v) is 3.86. The van der Waals surface area contributed by atoms with Gasteiger partial charge in [-0.15, -0.1) is 0 Å². The van der Waals surface area contributed by atoms with E-state index in [9.17, 15) is 4.79 Å². The van der Waals surface area contributed by atoms with Gasteiger partial charge in [0.1, 0.15) is 5.78 Å². The summed E-state index contributed by atoms with van der Waals surface area (Å²) in [5.74, 6) is 0.297. The van der Waals surface area contributed by atoms with Crippen LogP contribution in [0.15, 0.2) is 24.3 Å². The van der Waals surface area contributed by atoms with Gasteiger partial charge in [0.25, 0.3) is 0 Å². The fourth-order valence-corrected chi connectivity index (χ4v) is 2.20. The first-order valence-electron chi connectivity index (χ1n) is 5.10. The average molecular weight is 189 g/mol. The molecule has 1 aromatic carbocycles. The molecule has 0 saturated heterocycles. The molecule has 2 N–H and O–H groups in total. The van der Waals surface area contributed by atoms with E-state index in [-0.39, 0.29) is 17.7 Å². The van der Waals surface area contributed by atoms with Gasteiger partial charge in [0, 0.05) is 18.4 Å². The van der Waals surface area contributed by atoms with E-state index in [1.165, 1.54) is 5.56 Å². The number of hydrogen-bond acceptors (Lipinski definition) is 2. The fourth-order valence-electron chi connectivity index (χ4n) is 2.20. The van der Waals surface area contributed by atoms with Crippen LogP contribution in [0.2, 0.25) is 0 Å². The number of carbonyl (C=O) groups is 1. The minimum Gasteiger partial charge on any atom is -0.323 e. The number of Topliss-reactive ketones (excluding diaryl/α,β-unsaturated/α-hetero) is 1. The third-order valence-electron chi connectivity index (χ3n) is 3.05. The van der Waals surface area contributed by atoms with Crippen molar-refractivity contribution in [3.05, 3.63) is 35.4 Å². The summed E-state index contributed by atoms with van der Waals surface area (Å²) in [6.45, 7) is 1.90. The summed E-state index contributed by atoms with van der Waals surface area (Å²) in [6, 6.07) is 8.00. The average Bonchev–Trinajstić information content (AvgIpc) is 2.56. The Kier molecular flexibility index (Phi) is 2.38. The number of nitrogens with two attached hydrogens (primary N) is 1. The summed E-state index contributed by atoms with van der Waals surface area (Å²) in [5.41, 5.74) is 8.44. The summed E-state index contributed by atoms with van der Waals surface area (Å²) in [7, 11) is 0. The largest absolute Gasteiger partial charge is 0.323 e. The van der Waals surface area contributed by atoms with Crippen LogP contribution >= 0.6 is 0 Å². The molecule has 0 heterocycles.